The molecule has 1 N–H and O–H groups in total. The van der Waals surface area contributed by atoms with Gasteiger partial charge >= 0.3 is 0 Å². The third-order valence-electron chi connectivity index (χ3n) is 5.11. The Kier molecular flexibility index (Phi) is 6.03. The Morgan fingerprint density at radius 3 is 2.75 bits per heavy atom. The first kappa shape index (κ1) is 18.0. The number of likely N-dealkylation sites (tertiary alicyclic amines) is 1. The van der Waals surface area contributed by atoms with Gasteiger partial charge in [-0.1, -0.05) is 36.2 Å². The molecule has 1 aromatic rings. The van der Waals surface area contributed by atoms with Crippen molar-refractivity contribution in [2.75, 3.05) is 39.3 Å². The van der Waals surface area contributed by atoms with Gasteiger partial charge in [-0.3, -0.25) is 9.69 Å². The molecule has 0 spiro atoms. The lowest BCUT2D eigenvalue weighted by Gasteiger charge is -2.32. The van der Waals surface area contributed by atoms with E-state index in [4.69, 9.17) is 23.2 Å². The van der Waals surface area contributed by atoms with E-state index >= 15 is 0 Å². The molecule has 2 atom stereocenters. The number of amides is 1. The lowest BCUT2D eigenvalue weighted by molar-refractivity contribution is -0.134. The van der Waals surface area contributed by atoms with E-state index in [0.717, 1.165) is 51.3 Å². The van der Waals surface area contributed by atoms with Crippen LogP contribution in [0.3, 0.4) is 0 Å². The Morgan fingerprint density at radius 2 is 2.04 bits per heavy atom. The lowest BCUT2D eigenvalue weighted by atomic mass is 10.00. The second-order valence-corrected chi connectivity index (χ2v) is 7.70. The molecule has 2 aliphatic rings. The van der Waals surface area contributed by atoms with Crippen LogP contribution in [0.1, 0.15) is 18.9 Å². The maximum Gasteiger partial charge on any atom is 0.225 e. The minimum Gasteiger partial charge on any atom is -0.341 e. The van der Waals surface area contributed by atoms with Gasteiger partial charge in [-0.25, -0.2) is 0 Å². The van der Waals surface area contributed by atoms with Crippen molar-refractivity contribution >= 4 is 29.1 Å². The quantitative estimate of drug-likeness (QED) is 0.885. The average molecular weight is 370 g/mol. The van der Waals surface area contributed by atoms with Crippen LogP contribution in [0.2, 0.25) is 10.0 Å². The van der Waals surface area contributed by atoms with Crippen LogP contribution in [0.5, 0.6) is 0 Å². The van der Waals surface area contributed by atoms with Crippen molar-refractivity contribution in [3.05, 3.63) is 33.8 Å². The highest BCUT2D eigenvalue weighted by Crippen LogP contribution is 2.25. The zero-order chi connectivity index (χ0) is 17.1. The summed E-state index contributed by atoms with van der Waals surface area (Å²) in [5.41, 5.74) is 0.986. The second kappa shape index (κ2) is 8.05. The van der Waals surface area contributed by atoms with E-state index in [1.54, 1.807) is 6.07 Å². The number of nitrogens with one attached hydrogen (secondary N) is 1. The zero-order valence-corrected chi connectivity index (χ0v) is 15.6. The zero-order valence-electron chi connectivity index (χ0n) is 14.1. The van der Waals surface area contributed by atoms with E-state index in [2.05, 4.69) is 10.2 Å². The average Bonchev–Trinajstić information content (AvgIpc) is 3.07. The smallest absolute Gasteiger partial charge is 0.225 e. The Hall–Kier alpha value is -0.810. The first-order valence-electron chi connectivity index (χ1n) is 8.72. The fourth-order valence-corrected chi connectivity index (χ4v) is 4.19. The van der Waals surface area contributed by atoms with Gasteiger partial charge in [-0.15, -0.1) is 0 Å². The van der Waals surface area contributed by atoms with Crippen molar-refractivity contribution in [3.8, 4) is 0 Å². The third-order valence-corrected chi connectivity index (χ3v) is 5.69. The van der Waals surface area contributed by atoms with Gasteiger partial charge in [0.15, 0.2) is 0 Å². The number of carbonyl (C=O) groups is 1. The molecular weight excluding hydrogens is 345 g/mol. The summed E-state index contributed by atoms with van der Waals surface area (Å²) in [7, 11) is 0. The number of halogens is 2. The molecule has 0 aliphatic carbocycles. The summed E-state index contributed by atoms with van der Waals surface area (Å²) in [6, 6.07) is 6.01. The molecule has 1 amide bonds. The van der Waals surface area contributed by atoms with Crippen LogP contribution in [0.25, 0.3) is 0 Å². The second-order valence-electron chi connectivity index (χ2n) is 6.85. The molecule has 0 bridgehead atoms. The third kappa shape index (κ3) is 4.23. The Morgan fingerprint density at radius 1 is 1.29 bits per heavy atom. The minimum atomic E-state index is -0.0644. The van der Waals surface area contributed by atoms with E-state index in [1.807, 2.05) is 24.0 Å². The van der Waals surface area contributed by atoms with Crippen LogP contribution in [0.4, 0.5) is 0 Å². The Bertz CT molecular complexity index is 590. The fourth-order valence-electron chi connectivity index (χ4n) is 3.70. The molecule has 6 heteroatoms. The van der Waals surface area contributed by atoms with Crippen molar-refractivity contribution in [2.45, 2.75) is 25.8 Å². The number of hydrogen-bond donors (Lipinski definition) is 1. The fraction of sp³-hybridized carbons (Fsp3) is 0.611. The van der Waals surface area contributed by atoms with E-state index in [0.29, 0.717) is 22.5 Å². The summed E-state index contributed by atoms with van der Waals surface area (Å²) >= 11 is 12.2. The molecule has 0 radical (unpaired) electrons. The van der Waals surface area contributed by atoms with Crippen molar-refractivity contribution < 1.29 is 4.79 Å². The molecule has 2 heterocycles. The predicted octanol–water partition coefficient (Wildman–Crippen LogP) is 2.68. The molecule has 0 aromatic heterocycles. The number of piperazine rings is 1. The highest BCUT2D eigenvalue weighted by atomic mass is 35.5. The molecule has 2 aliphatic heterocycles. The summed E-state index contributed by atoms with van der Waals surface area (Å²) in [6.45, 7) is 7.99. The van der Waals surface area contributed by atoms with Crippen LogP contribution in [-0.2, 0) is 11.2 Å². The topological polar surface area (TPSA) is 35.6 Å². The highest BCUT2D eigenvalue weighted by Gasteiger charge is 2.32. The first-order valence-corrected chi connectivity index (χ1v) is 9.47. The number of nitrogens with zero attached hydrogens (tertiary/aromatic N) is 2. The van der Waals surface area contributed by atoms with Crippen LogP contribution >= 0.6 is 23.2 Å². The molecule has 1 aromatic carbocycles. The highest BCUT2D eigenvalue weighted by molar-refractivity contribution is 6.35. The van der Waals surface area contributed by atoms with Gasteiger partial charge in [0.1, 0.15) is 0 Å². The largest absolute Gasteiger partial charge is 0.341 e. The van der Waals surface area contributed by atoms with Crippen LogP contribution < -0.4 is 5.32 Å². The van der Waals surface area contributed by atoms with E-state index in [-0.39, 0.29) is 11.8 Å². The maximum atomic E-state index is 12.8. The van der Waals surface area contributed by atoms with Gasteiger partial charge in [0.05, 0.1) is 0 Å². The number of rotatable bonds is 4. The standard InChI is InChI=1S/C18H25Cl2N3O/c1-13(10-14-2-3-15(19)11-17(14)20)18(24)23-7-4-16(12-23)22-8-5-21-6-9-22/h2-3,11,13,16,21H,4-10,12H2,1H3. The molecule has 4 nitrogen and oxygen atoms in total. The molecular formula is C18H25Cl2N3O. The van der Waals surface area contributed by atoms with Crippen LogP contribution in [0.15, 0.2) is 18.2 Å². The van der Waals surface area contributed by atoms with Crippen LogP contribution in [0, 0.1) is 5.92 Å². The van der Waals surface area contributed by atoms with Crippen molar-refractivity contribution in [1.29, 1.82) is 0 Å². The van der Waals surface area contributed by atoms with Crippen molar-refractivity contribution in [3.63, 3.8) is 0 Å². The molecule has 2 saturated heterocycles. The van der Waals surface area contributed by atoms with Crippen LogP contribution in [-0.4, -0.2) is 61.0 Å². The summed E-state index contributed by atoms with van der Waals surface area (Å²) in [5.74, 6) is 0.170. The maximum absolute atomic E-state index is 12.8. The summed E-state index contributed by atoms with van der Waals surface area (Å²) in [5, 5.41) is 4.65. The SMILES string of the molecule is CC(Cc1ccc(Cl)cc1Cl)C(=O)N1CCC(N2CCNCC2)C1. The van der Waals surface area contributed by atoms with E-state index in [1.165, 1.54) is 0 Å². The number of hydrogen-bond acceptors (Lipinski definition) is 3. The normalized spacial score (nSPS) is 23.5. The lowest BCUT2D eigenvalue weighted by Crippen LogP contribution is -2.49. The van der Waals surface area contributed by atoms with Crippen molar-refractivity contribution in [1.82, 2.24) is 15.1 Å². The predicted molar refractivity (Wildman–Crippen MR) is 98.8 cm³/mol. The Labute approximate surface area is 154 Å². The van der Waals surface area contributed by atoms with E-state index < -0.39 is 0 Å². The molecule has 2 fully saturated rings. The molecule has 24 heavy (non-hydrogen) atoms. The number of carbonyl (C=O) groups excluding carboxylic acids is 1. The van der Waals surface area contributed by atoms with Gasteiger partial charge in [-0.05, 0) is 30.5 Å². The van der Waals surface area contributed by atoms with Gasteiger partial charge in [-0.2, -0.15) is 0 Å². The minimum absolute atomic E-state index is 0.0644. The Balaban J connectivity index is 1.56. The number of benzene rings is 1. The molecule has 2 unspecified atom stereocenters. The first-order chi connectivity index (χ1) is 11.5. The van der Waals surface area contributed by atoms with Gasteiger partial charge in [0.2, 0.25) is 5.91 Å². The molecule has 0 saturated carbocycles. The summed E-state index contributed by atoms with van der Waals surface area (Å²) in [4.78, 5) is 17.3. The van der Waals surface area contributed by atoms with Gasteiger partial charge in [0.25, 0.3) is 0 Å². The summed E-state index contributed by atoms with van der Waals surface area (Å²) < 4.78 is 0. The van der Waals surface area contributed by atoms with Gasteiger partial charge in [0, 0.05) is 61.3 Å². The van der Waals surface area contributed by atoms with Gasteiger partial charge < -0.3 is 10.2 Å². The molecule has 3 rings (SSSR count). The molecule has 132 valence electrons. The summed E-state index contributed by atoms with van der Waals surface area (Å²) in [6.07, 6.45) is 1.74. The monoisotopic (exact) mass is 369 g/mol. The van der Waals surface area contributed by atoms with E-state index in [9.17, 15) is 4.79 Å². The van der Waals surface area contributed by atoms with Crippen molar-refractivity contribution in [2.24, 2.45) is 5.92 Å².